The average Bonchev–Trinajstić information content (AvgIpc) is 3.43. The van der Waals surface area contributed by atoms with Crippen LogP contribution in [0.4, 0.5) is 0 Å². The van der Waals surface area contributed by atoms with Gasteiger partial charge in [0.15, 0.2) is 5.96 Å². The van der Waals surface area contributed by atoms with Crippen LogP contribution >= 0.6 is 24.0 Å². The van der Waals surface area contributed by atoms with E-state index in [0.717, 1.165) is 36.7 Å². The van der Waals surface area contributed by atoms with Crippen LogP contribution in [0.3, 0.4) is 0 Å². The number of aliphatic imine (C=N–C) groups is 1. The minimum absolute atomic E-state index is 0. The number of halogens is 1. The van der Waals surface area contributed by atoms with Crippen LogP contribution < -0.4 is 10.6 Å². The summed E-state index contributed by atoms with van der Waals surface area (Å²) in [6.07, 6.45) is 6.75. The van der Waals surface area contributed by atoms with Gasteiger partial charge < -0.3 is 15.6 Å². The van der Waals surface area contributed by atoms with Gasteiger partial charge in [-0.2, -0.15) is 5.10 Å². The number of fused-ring (bicyclic) bond motifs is 1. The molecule has 2 aromatic heterocycles. The summed E-state index contributed by atoms with van der Waals surface area (Å²) in [4.78, 5) is 8.08. The van der Waals surface area contributed by atoms with E-state index in [4.69, 9.17) is 4.99 Å². The van der Waals surface area contributed by atoms with E-state index in [0.29, 0.717) is 6.54 Å². The maximum absolute atomic E-state index is 4.74. The van der Waals surface area contributed by atoms with E-state index < -0.39 is 0 Å². The molecule has 0 amide bonds. The second kappa shape index (κ2) is 10.8. The molecule has 0 saturated carbocycles. The molecule has 0 aliphatic carbocycles. The van der Waals surface area contributed by atoms with E-state index >= 15 is 0 Å². The number of H-pyrrole nitrogens is 1. The molecule has 156 valence electrons. The Balaban J connectivity index is 0.00000256. The molecule has 0 atom stereocenters. The van der Waals surface area contributed by atoms with Gasteiger partial charge in [-0.15, -0.1) is 24.0 Å². The Morgan fingerprint density at radius 3 is 2.83 bits per heavy atom. The fraction of sp³-hybridized carbons (Fsp3) is 0.217. The molecule has 0 fully saturated rings. The molecular formula is C23H27IN6. The zero-order valence-electron chi connectivity index (χ0n) is 17.0. The van der Waals surface area contributed by atoms with Crippen LogP contribution in [-0.2, 0) is 13.0 Å². The van der Waals surface area contributed by atoms with Crippen molar-refractivity contribution in [1.82, 2.24) is 25.4 Å². The normalized spacial score (nSPS) is 11.3. The van der Waals surface area contributed by atoms with Crippen LogP contribution in [-0.4, -0.2) is 33.8 Å². The molecule has 0 bridgehead atoms. The zero-order chi connectivity index (χ0) is 19.9. The highest BCUT2D eigenvalue weighted by molar-refractivity contribution is 14.0. The maximum Gasteiger partial charge on any atom is 0.191 e. The second-order valence-corrected chi connectivity index (χ2v) is 6.85. The second-order valence-electron chi connectivity index (χ2n) is 6.85. The lowest BCUT2D eigenvalue weighted by atomic mass is 10.1. The van der Waals surface area contributed by atoms with Crippen LogP contribution in [0.1, 0.15) is 18.1 Å². The van der Waals surface area contributed by atoms with Crippen LogP contribution in [0.15, 0.2) is 78.2 Å². The minimum Gasteiger partial charge on any atom is -0.361 e. The van der Waals surface area contributed by atoms with E-state index in [2.05, 4.69) is 70.2 Å². The predicted octanol–water partition coefficient (Wildman–Crippen LogP) is 4.27. The highest BCUT2D eigenvalue weighted by Gasteiger charge is 2.04. The smallest absolute Gasteiger partial charge is 0.191 e. The number of rotatable bonds is 7. The first-order valence-corrected chi connectivity index (χ1v) is 9.99. The first-order valence-electron chi connectivity index (χ1n) is 9.99. The van der Waals surface area contributed by atoms with Crippen molar-refractivity contribution in [1.29, 1.82) is 0 Å². The van der Waals surface area contributed by atoms with E-state index in [1.54, 1.807) is 6.20 Å². The van der Waals surface area contributed by atoms with Crippen molar-refractivity contribution >= 4 is 40.8 Å². The molecule has 0 spiro atoms. The number of aromatic amines is 1. The molecule has 30 heavy (non-hydrogen) atoms. The number of hydrogen-bond acceptors (Lipinski definition) is 2. The molecule has 0 radical (unpaired) electrons. The SMILES string of the molecule is CCNC(=NCc1cccc(-n2cccn2)c1)NCCc1c[nH]c2ccccc12.I. The monoisotopic (exact) mass is 514 g/mol. The molecule has 4 aromatic rings. The third-order valence-corrected chi connectivity index (χ3v) is 4.81. The van der Waals surface area contributed by atoms with Crippen molar-refractivity contribution < 1.29 is 0 Å². The largest absolute Gasteiger partial charge is 0.361 e. The fourth-order valence-corrected chi connectivity index (χ4v) is 3.38. The van der Waals surface area contributed by atoms with Gasteiger partial charge in [-0.3, -0.25) is 0 Å². The number of nitrogens with one attached hydrogen (secondary N) is 3. The van der Waals surface area contributed by atoms with Crippen LogP contribution in [0.5, 0.6) is 0 Å². The van der Waals surface area contributed by atoms with Crippen molar-refractivity contribution in [2.75, 3.05) is 13.1 Å². The van der Waals surface area contributed by atoms with Gasteiger partial charge in [-0.25, -0.2) is 9.67 Å². The highest BCUT2D eigenvalue weighted by atomic mass is 127. The lowest BCUT2D eigenvalue weighted by molar-refractivity contribution is 0.801. The van der Waals surface area contributed by atoms with Crippen molar-refractivity contribution in [3.63, 3.8) is 0 Å². The Morgan fingerprint density at radius 1 is 1.10 bits per heavy atom. The van der Waals surface area contributed by atoms with Gasteiger partial charge in [0.25, 0.3) is 0 Å². The molecule has 3 N–H and O–H groups in total. The van der Waals surface area contributed by atoms with Gasteiger partial charge in [-0.05, 0) is 48.7 Å². The van der Waals surface area contributed by atoms with Gasteiger partial charge in [0.1, 0.15) is 0 Å². The van der Waals surface area contributed by atoms with Crippen molar-refractivity contribution in [3.05, 3.63) is 84.3 Å². The van der Waals surface area contributed by atoms with Crippen LogP contribution in [0.25, 0.3) is 16.6 Å². The Hall–Kier alpha value is -2.81. The molecule has 6 nitrogen and oxygen atoms in total. The van der Waals surface area contributed by atoms with E-state index in [-0.39, 0.29) is 24.0 Å². The lowest BCUT2D eigenvalue weighted by Crippen LogP contribution is -2.38. The molecular weight excluding hydrogens is 487 g/mol. The van der Waals surface area contributed by atoms with Gasteiger partial charge in [0.2, 0.25) is 0 Å². The summed E-state index contributed by atoms with van der Waals surface area (Å²) in [6, 6.07) is 18.6. The number of hydrogen-bond donors (Lipinski definition) is 3. The van der Waals surface area contributed by atoms with Gasteiger partial charge >= 0.3 is 0 Å². The lowest BCUT2D eigenvalue weighted by Gasteiger charge is -2.11. The minimum atomic E-state index is 0. The Labute approximate surface area is 193 Å². The number of nitrogens with zero attached hydrogens (tertiary/aromatic N) is 3. The summed E-state index contributed by atoms with van der Waals surface area (Å²) < 4.78 is 1.86. The summed E-state index contributed by atoms with van der Waals surface area (Å²) >= 11 is 0. The van der Waals surface area contributed by atoms with Crippen molar-refractivity contribution in [2.45, 2.75) is 19.9 Å². The van der Waals surface area contributed by atoms with Gasteiger partial charge in [0.05, 0.1) is 12.2 Å². The Kier molecular flexibility index (Phi) is 7.89. The van der Waals surface area contributed by atoms with Gasteiger partial charge in [-0.1, -0.05) is 30.3 Å². The summed E-state index contributed by atoms with van der Waals surface area (Å²) in [6.45, 7) is 4.33. The molecule has 4 rings (SSSR count). The Bertz CT molecular complexity index is 1080. The molecule has 0 aliphatic rings. The van der Waals surface area contributed by atoms with Crippen LogP contribution in [0.2, 0.25) is 0 Å². The zero-order valence-corrected chi connectivity index (χ0v) is 19.3. The summed E-state index contributed by atoms with van der Waals surface area (Å²) in [5, 5.41) is 12.3. The number of guanidine groups is 1. The van der Waals surface area contributed by atoms with E-state index in [1.165, 1.54) is 16.5 Å². The van der Waals surface area contributed by atoms with E-state index in [9.17, 15) is 0 Å². The molecule has 0 saturated heterocycles. The topological polar surface area (TPSA) is 70.0 Å². The molecule has 2 aromatic carbocycles. The van der Waals surface area contributed by atoms with Gasteiger partial charge in [0, 0.05) is 42.6 Å². The highest BCUT2D eigenvalue weighted by Crippen LogP contribution is 2.17. The quantitative estimate of drug-likeness (QED) is 0.196. The maximum atomic E-state index is 4.74. The molecule has 0 aliphatic heterocycles. The van der Waals surface area contributed by atoms with E-state index in [1.807, 2.05) is 29.1 Å². The number of para-hydroxylation sites is 1. The van der Waals surface area contributed by atoms with Crippen molar-refractivity contribution in [2.24, 2.45) is 4.99 Å². The molecule has 0 unspecified atom stereocenters. The molecule has 7 heteroatoms. The number of aromatic nitrogens is 3. The summed E-state index contributed by atoms with van der Waals surface area (Å²) in [7, 11) is 0. The standard InChI is InChI=1S/C23H26N6.HI/c1-2-24-23(25-13-11-19-17-26-22-10-4-3-9-21(19)22)27-16-18-7-5-8-20(15-18)29-14-6-12-28-29;/h3-10,12,14-15,17,26H,2,11,13,16H2,1H3,(H2,24,25,27);1H. The third-order valence-electron chi connectivity index (χ3n) is 4.81. The van der Waals surface area contributed by atoms with Crippen molar-refractivity contribution in [3.8, 4) is 5.69 Å². The first-order chi connectivity index (χ1) is 14.3. The third kappa shape index (κ3) is 5.41. The van der Waals surface area contributed by atoms with Crippen LogP contribution in [0, 0.1) is 0 Å². The Morgan fingerprint density at radius 2 is 2.00 bits per heavy atom. The molecule has 2 heterocycles. The first kappa shape index (κ1) is 21.9. The summed E-state index contributed by atoms with van der Waals surface area (Å²) in [5.41, 5.74) is 4.68. The fourth-order valence-electron chi connectivity index (χ4n) is 3.38. The predicted molar refractivity (Wildman–Crippen MR) is 134 cm³/mol. The number of benzene rings is 2. The average molecular weight is 514 g/mol. The summed E-state index contributed by atoms with van der Waals surface area (Å²) in [5.74, 6) is 0.830.